The zero-order chi connectivity index (χ0) is 7.56. The van der Waals surface area contributed by atoms with Gasteiger partial charge in [0.2, 0.25) is 0 Å². The highest BCUT2D eigenvalue weighted by molar-refractivity contribution is 5.58. The van der Waals surface area contributed by atoms with Gasteiger partial charge in [0.1, 0.15) is 6.29 Å². The van der Waals surface area contributed by atoms with Crippen molar-refractivity contribution in [2.75, 3.05) is 20.1 Å². The van der Waals surface area contributed by atoms with Gasteiger partial charge in [-0.15, -0.1) is 0 Å². The molecule has 0 aromatic rings. The van der Waals surface area contributed by atoms with E-state index in [0.29, 0.717) is 6.04 Å². The van der Waals surface area contributed by atoms with E-state index in [1.165, 1.54) is 0 Å². The van der Waals surface area contributed by atoms with E-state index in [4.69, 9.17) is 0 Å². The lowest BCUT2D eigenvalue weighted by Crippen LogP contribution is -2.54. The molecule has 1 heterocycles. The molecule has 1 rings (SSSR count). The largest absolute Gasteiger partial charge is 0.305 e. The summed E-state index contributed by atoms with van der Waals surface area (Å²) in [7, 11) is 2.04. The van der Waals surface area contributed by atoms with Crippen LogP contribution in [0.4, 0.5) is 0 Å². The van der Waals surface area contributed by atoms with Gasteiger partial charge in [-0.05, 0) is 14.0 Å². The van der Waals surface area contributed by atoms with Crippen LogP contribution in [0.15, 0.2) is 0 Å². The molecule has 1 N–H and O–H groups in total. The number of aldehydes is 1. The summed E-state index contributed by atoms with van der Waals surface area (Å²) in [5.41, 5.74) is 0. The molecule has 3 nitrogen and oxygen atoms in total. The average Bonchev–Trinajstić information content (AvgIpc) is 1.95. The van der Waals surface area contributed by atoms with Crippen LogP contribution in [0.5, 0.6) is 0 Å². The number of likely N-dealkylation sites (N-methyl/N-ethyl adjacent to an activating group) is 1. The van der Waals surface area contributed by atoms with Crippen molar-refractivity contribution in [3.8, 4) is 0 Å². The molecule has 0 spiro atoms. The highest BCUT2D eigenvalue weighted by atomic mass is 16.1. The standard InChI is InChI=1S/C7H14N2O/c1-6-3-8-7(5-10)4-9(6)2/h5-8H,3-4H2,1-2H3. The Labute approximate surface area is 61.4 Å². The number of nitrogens with one attached hydrogen (secondary N) is 1. The van der Waals surface area contributed by atoms with E-state index < -0.39 is 0 Å². The third-order valence-corrected chi connectivity index (χ3v) is 2.08. The second-order valence-electron chi connectivity index (χ2n) is 2.94. The number of carbonyl (C=O) groups excluding carboxylic acids is 1. The Morgan fingerprint density at radius 2 is 2.40 bits per heavy atom. The van der Waals surface area contributed by atoms with Gasteiger partial charge in [0.05, 0.1) is 6.04 Å². The van der Waals surface area contributed by atoms with Crippen molar-refractivity contribution < 1.29 is 4.79 Å². The van der Waals surface area contributed by atoms with Gasteiger partial charge >= 0.3 is 0 Å². The molecule has 0 radical (unpaired) electrons. The number of hydrogen-bond donors (Lipinski definition) is 1. The molecular weight excluding hydrogens is 128 g/mol. The van der Waals surface area contributed by atoms with E-state index >= 15 is 0 Å². The second-order valence-corrected chi connectivity index (χ2v) is 2.94. The molecule has 1 aliphatic rings. The van der Waals surface area contributed by atoms with Crippen LogP contribution >= 0.6 is 0 Å². The third kappa shape index (κ3) is 1.55. The summed E-state index contributed by atoms with van der Waals surface area (Å²) in [6.07, 6.45) is 0.975. The minimum absolute atomic E-state index is 0.0428. The Hall–Kier alpha value is -0.410. The van der Waals surface area contributed by atoms with Crippen LogP contribution in [0.3, 0.4) is 0 Å². The molecule has 0 aromatic carbocycles. The fraction of sp³-hybridized carbons (Fsp3) is 0.857. The maximum Gasteiger partial charge on any atom is 0.138 e. The van der Waals surface area contributed by atoms with E-state index in [9.17, 15) is 4.79 Å². The smallest absolute Gasteiger partial charge is 0.138 e. The first kappa shape index (κ1) is 7.69. The lowest BCUT2D eigenvalue weighted by Gasteiger charge is -2.33. The molecule has 1 saturated heterocycles. The third-order valence-electron chi connectivity index (χ3n) is 2.08. The molecule has 2 atom stereocenters. The van der Waals surface area contributed by atoms with Gasteiger partial charge < -0.3 is 15.0 Å². The van der Waals surface area contributed by atoms with Crippen molar-refractivity contribution in [2.24, 2.45) is 0 Å². The molecule has 58 valence electrons. The van der Waals surface area contributed by atoms with Crippen LogP contribution in [-0.4, -0.2) is 43.4 Å². The van der Waals surface area contributed by atoms with Gasteiger partial charge in [-0.2, -0.15) is 0 Å². The van der Waals surface area contributed by atoms with Crippen molar-refractivity contribution in [1.82, 2.24) is 10.2 Å². The molecule has 0 amide bonds. The monoisotopic (exact) mass is 142 g/mol. The molecule has 10 heavy (non-hydrogen) atoms. The van der Waals surface area contributed by atoms with Crippen molar-refractivity contribution in [1.29, 1.82) is 0 Å². The first-order chi connectivity index (χ1) is 4.74. The van der Waals surface area contributed by atoms with Gasteiger partial charge in [-0.25, -0.2) is 0 Å². The van der Waals surface area contributed by atoms with E-state index in [-0.39, 0.29) is 6.04 Å². The summed E-state index contributed by atoms with van der Waals surface area (Å²) in [5.74, 6) is 0. The topological polar surface area (TPSA) is 32.3 Å². The Bertz CT molecular complexity index is 127. The van der Waals surface area contributed by atoms with Crippen LogP contribution in [0, 0.1) is 0 Å². The molecule has 3 heteroatoms. The quantitative estimate of drug-likeness (QED) is 0.500. The van der Waals surface area contributed by atoms with Gasteiger partial charge in [0.15, 0.2) is 0 Å². The fourth-order valence-corrected chi connectivity index (χ4v) is 1.12. The molecule has 1 fully saturated rings. The molecular formula is C7H14N2O. The minimum Gasteiger partial charge on any atom is -0.305 e. The van der Waals surface area contributed by atoms with Crippen LogP contribution in [0.25, 0.3) is 0 Å². The number of nitrogens with zero attached hydrogens (tertiary/aromatic N) is 1. The SMILES string of the molecule is CC1CNC(C=O)CN1C. The molecule has 0 saturated carbocycles. The summed E-state index contributed by atoms with van der Waals surface area (Å²) < 4.78 is 0. The summed E-state index contributed by atoms with van der Waals surface area (Å²) >= 11 is 0. The average molecular weight is 142 g/mol. The second kappa shape index (κ2) is 3.12. The van der Waals surface area contributed by atoms with Crippen LogP contribution in [0.1, 0.15) is 6.92 Å². The maximum absolute atomic E-state index is 10.3. The van der Waals surface area contributed by atoms with E-state index in [1.807, 2.05) is 7.05 Å². The Kier molecular flexibility index (Phi) is 2.40. The number of piperazine rings is 1. The number of carbonyl (C=O) groups is 1. The van der Waals surface area contributed by atoms with Crippen molar-refractivity contribution >= 4 is 6.29 Å². The Balaban J connectivity index is 2.40. The van der Waals surface area contributed by atoms with Crippen LogP contribution in [-0.2, 0) is 4.79 Å². The number of hydrogen-bond acceptors (Lipinski definition) is 3. The minimum atomic E-state index is 0.0428. The summed E-state index contributed by atoms with van der Waals surface area (Å²) in [5, 5.41) is 3.14. The van der Waals surface area contributed by atoms with Gasteiger partial charge in [-0.3, -0.25) is 0 Å². The van der Waals surface area contributed by atoms with Crippen molar-refractivity contribution in [3.05, 3.63) is 0 Å². The molecule has 0 aromatic heterocycles. The predicted molar refractivity (Wildman–Crippen MR) is 39.9 cm³/mol. The first-order valence-corrected chi connectivity index (χ1v) is 3.63. The summed E-state index contributed by atoms with van der Waals surface area (Å²) in [4.78, 5) is 12.5. The maximum atomic E-state index is 10.3. The Morgan fingerprint density at radius 3 is 2.90 bits per heavy atom. The lowest BCUT2D eigenvalue weighted by atomic mass is 10.1. The first-order valence-electron chi connectivity index (χ1n) is 3.63. The number of rotatable bonds is 1. The molecule has 0 aliphatic carbocycles. The van der Waals surface area contributed by atoms with Crippen molar-refractivity contribution in [2.45, 2.75) is 19.0 Å². The highest BCUT2D eigenvalue weighted by Gasteiger charge is 2.20. The molecule has 0 bridgehead atoms. The highest BCUT2D eigenvalue weighted by Crippen LogP contribution is 2.00. The summed E-state index contributed by atoms with van der Waals surface area (Å²) in [6.45, 7) is 3.90. The van der Waals surface area contributed by atoms with E-state index in [1.54, 1.807) is 0 Å². The zero-order valence-electron chi connectivity index (χ0n) is 6.50. The molecule has 2 unspecified atom stereocenters. The zero-order valence-corrected chi connectivity index (χ0v) is 6.50. The van der Waals surface area contributed by atoms with Gasteiger partial charge in [0, 0.05) is 19.1 Å². The Morgan fingerprint density at radius 1 is 1.70 bits per heavy atom. The van der Waals surface area contributed by atoms with E-state index in [0.717, 1.165) is 19.4 Å². The fourth-order valence-electron chi connectivity index (χ4n) is 1.12. The predicted octanol–water partition coefficient (Wildman–Crippen LogP) is -0.523. The van der Waals surface area contributed by atoms with E-state index in [2.05, 4.69) is 17.1 Å². The van der Waals surface area contributed by atoms with Crippen LogP contribution in [0.2, 0.25) is 0 Å². The lowest BCUT2D eigenvalue weighted by molar-refractivity contribution is -0.110. The van der Waals surface area contributed by atoms with Crippen molar-refractivity contribution in [3.63, 3.8) is 0 Å². The summed E-state index contributed by atoms with van der Waals surface area (Å²) in [6, 6.07) is 0.595. The normalized spacial score (nSPS) is 35.8. The van der Waals surface area contributed by atoms with Crippen LogP contribution < -0.4 is 5.32 Å². The van der Waals surface area contributed by atoms with Gasteiger partial charge in [0.25, 0.3) is 0 Å². The molecule has 1 aliphatic heterocycles. The van der Waals surface area contributed by atoms with Gasteiger partial charge in [-0.1, -0.05) is 0 Å².